The van der Waals surface area contributed by atoms with E-state index in [1.54, 1.807) is 0 Å². The van der Waals surface area contributed by atoms with Crippen LogP contribution in [-0.4, -0.2) is 6.29 Å². The minimum atomic E-state index is 0.909. The van der Waals surface area contributed by atoms with Crippen LogP contribution in [0.3, 0.4) is 0 Å². The Morgan fingerprint density at radius 3 is 1.79 bits per heavy atom. The lowest BCUT2D eigenvalue weighted by Crippen LogP contribution is -1.99. The smallest absolute Gasteiger partial charge is 0.150 e. The van der Waals surface area contributed by atoms with Crippen LogP contribution in [0.4, 0.5) is 0 Å². The van der Waals surface area contributed by atoms with E-state index in [0.29, 0.717) is 0 Å². The summed E-state index contributed by atoms with van der Waals surface area (Å²) in [6.45, 7) is 6.34. The molecule has 0 heterocycles. The van der Waals surface area contributed by atoms with Gasteiger partial charge in [-0.2, -0.15) is 0 Å². The van der Waals surface area contributed by atoms with Crippen molar-refractivity contribution in [2.45, 2.75) is 40.0 Å². The van der Waals surface area contributed by atoms with E-state index in [4.69, 9.17) is 0 Å². The van der Waals surface area contributed by atoms with Crippen molar-refractivity contribution in [2.75, 3.05) is 0 Å². The molecule has 0 aromatic heterocycles. The Morgan fingerprint density at radius 1 is 1.00 bits per heavy atom. The molecule has 0 fully saturated rings. The van der Waals surface area contributed by atoms with Crippen LogP contribution in [0, 0.1) is 0 Å². The topological polar surface area (TPSA) is 17.1 Å². The van der Waals surface area contributed by atoms with Gasteiger partial charge in [-0.15, -0.1) is 0 Å². The van der Waals surface area contributed by atoms with Crippen molar-refractivity contribution >= 4 is 6.29 Å². The maximum absolute atomic E-state index is 11.0. The summed E-state index contributed by atoms with van der Waals surface area (Å²) in [5.41, 5.74) is 4.63. The first-order chi connectivity index (χ1) is 6.76. The lowest BCUT2D eigenvalue weighted by Gasteiger charge is -2.10. The molecule has 0 saturated carbocycles. The second-order valence-corrected chi connectivity index (χ2v) is 3.51. The molecule has 0 atom stereocenters. The van der Waals surface area contributed by atoms with Crippen LogP contribution in [0.2, 0.25) is 0 Å². The van der Waals surface area contributed by atoms with Gasteiger partial charge >= 0.3 is 0 Å². The summed E-state index contributed by atoms with van der Waals surface area (Å²) in [5, 5.41) is 0. The maximum atomic E-state index is 11.0. The Balaban J connectivity index is 3.31. The van der Waals surface area contributed by atoms with Gasteiger partial charge in [-0.05, 0) is 36.0 Å². The molecule has 0 bridgehead atoms. The van der Waals surface area contributed by atoms with Crippen LogP contribution >= 0.6 is 0 Å². The molecule has 0 aliphatic carbocycles. The van der Waals surface area contributed by atoms with E-state index < -0.39 is 0 Å². The molecule has 0 amide bonds. The number of hydrogen-bond donors (Lipinski definition) is 0. The predicted octanol–water partition coefficient (Wildman–Crippen LogP) is 3.19. The van der Waals surface area contributed by atoms with Crippen molar-refractivity contribution < 1.29 is 4.79 Å². The fourth-order valence-electron chi connectivity index (χ4n) is 1.79. The van der Waals surface area contributed by atoms with Gasteiger partial charge in [0, 0.05) is 5.56 Å². The molecule has 0 N–H and O–H groups in total. The molecule has 0 radical (unpaired) electrons. The van der Waals surface area contributed by atoms with Gasteiger partial charge < -0.3 is 0 Å². The number of aryl methyl sites for hydroxylation is 3. The molecule has 1 aromatic carbocycles. The van der Waals surface area contributed by atoms with Crippen molar-refractivity contribution in [3.05, 3.63) is 34.4 Å². The molecule has 0 saturated heterocycles. The van der Waals surface area contributed by atoms with Crippen LogP contribution in [-0.2, 0) is 19.3 Å². The highest BCUT2D eigenvalue weighted by molar-refractivity contribution is 5.80. The molecule has 0 aliphatic rings. The van der Waals surface area contributed by atoms with Gasteiger partial charge in [0.1, 0.15) is 0 Å². The Kier molecular flexibility index (Phi) is 3.87. The molecule has 1 heteroatoms. The Morgan fingerprint density at radius 2 is 1.50 bits per heavy atom. The lowest BCUT2D eigenvalue weighted by molar-refractivity contribution is 0.112. The molecular formula is C13H18O. The number of benzene rings is 1. The highest BCUT2D eigenvalue weighted by atomic mass is 16.1. The summed E-state index contributed by atoms with van der Waals surface area (Å²) in [7, 11) is 0. The molecule has 0 spiro atoms. The van der Waals surface area contributed by atoms with E-state index in [1.165, 1.54) is 16.7 Å². The van der Waals surface area contributed by atoms with E-state index in [0.717, 1.165) is 31.1 Å². The van der Waals surface area contributed by atoms with Gasteiger partial charge in [0.25, 0.3) is 0 Å². The largest absolute Gasteiger partial charge is 0.298 e. The number of carbonyl (C=O) groups excluding carboxylic acids is 1. The van der Waals surface area contributed by atoms with E-state index in [2.05, 4.69) is 32.9 Å². The zero-order valence-electron chi connectivity index (χ0n) is 9.26. The molecule has 1 aromatic rings. The SMILES string of the molecule is CCc1cc(CC)c(C=O)c(CC)c1. The minimum Gasteiger partial charge on any atom is -0.298 e. The van der Waals surface area contributed by atoms with Gasteiger partial charge in [-0.25, -0.2) is 0 Å². The predicted molar refractivity (Wildman–Crippen MR) is 60.0 cm³/mol. The molecule has 0 aliphatic heterocycles. The third-order valence-electron chi connectivity index (χ3n) is 2.70. The summed E-state index contributed by atoms with van der Waals surface area (Å²) in [5.74, 6) is 0. The quantitative estimate of drug-likeness (QED) is 0.666. The molecule has 14 heavy (non-hydrogen) atoms. The zero-order chi connectivity index (χ0) is 10.6. The fraction of sp³-hybridized carbons (Fsp3) is 0.462. The molecule has 1 nitrogen and oxygen atoms in total. The number of aldehydes is 1. The van der Waals surface area contributed by atoms with Gasteiger partial charge in [0.15, 0.2) is 6.29 Å². The normalized spacial score (nSPS) is 10.2. The van der Waals surface area contributed by atoms with Crippen LogP contribution in [0.25, 0.3) is 0 Å². The second kappa shape index (κ2) is 4.94. The van der Waals surface area contributed by atoms with Crippen LogP contribution in [0.15, 0.2) is 12.1 Å². The first-order valence-electron chi connectivity index (χ1n) is 5.36. The lowest BCUT2D eigenvalue weighted by atomic mass is 9.94. The standard InChI is InChI=1S/C13H18O/c1-4-10-7-11(5-2)13(9-14)12(6-3)8-10/h7-9H,4-6H2,1-3H3. The molecule has 0 unspecified atom stereocenters. The van der Waals surface area contributed by atoms with Crippen molar-refractivity contribution in [3.63, 3.8) is 0 Å². The van der Waals surface area contributed by atoms with Crippen LogP contribution in [0.5, 0.6) is 0 Å². The summed E-state index contributed by atoms with van der Waals surface area (Å²) in [4.78, 5) is 11.0. The van der Waals surface area contributed by atoms with Crippen molar-refractivity contribution in [1.82, 2.24) is 0 Å². The Bertz CT molecular complexity index is 301. The average Bonchev–Trinajstić information content (AvgIpc) is 2.26. The Labute approximate surface area is 86.1 Å². The third-order valence-corrected chi connectivity index (χ3v) is 2.70. The van der Waals surface area contributed by atoms with Gasteiger partial charge in [0.05, 0.1) is 0 Å². The fourth-order valence-corrected chi connectivity index (χ4v) is 1.79. The molecule has 76 valence electrons. The first-order valence-corrected chi connectivity index (χ1v) is 5.36. The van der Waals surface area contributed by atoms with E-state index in [1.807, 2.05) is 0 Å². The number of hydrogen-bond acceptors (Lipinski definition) is 1. The number of carbonyl (C=O) groups is 1. The van der Waals surface area contributed by atoms with Gasteiger partial charge in [0.2, 0.25) is 0 Å². The molecule has 1 rings (SSSR count). The van der Waals surface area contributed by atoms with Crippen LogP contribution < -0.4 is 0 Å². The maximum Gasteiger partial charge on any atom is 0.150 e. The summed E-state index contributed by atoms with van der Waals surface area (Å²) >= 11 is 0. The second-order valence-electron chi connectivity index (χ2n) is 3.51. The van der Waals surface area contributed by atoms with Crippen molar-refractivity contribution in [3.8, 4) is 0 Å². The van der Waals surface area contributed by atoms with Crippen molar-refractivity contribution in [1.29, 1.82) is 0 Å². The third kappa shape index (κ3) is 2.03. The van der Waals surface area contributed by atoms with E-state index in [9.17, 15) is 4.79 Å². The minimum absolute atomic E-state index is 0.909. The number of rotatable bonds is 4. The average molecular weight is 190 g/mol. The monoisotopic (exact) mass is 190 g/mol. The van der Waals surface area contributed by atoms with Gasteiger partial charge in [-0.3, -0.25) is 4.79 Å². The highest BCUT2D eigenvalue weighted by Gasteiger charge is 2.06. The van der Waals surface area contributed by atoms with E-state index in [-0.39, 0.29) is 0 Å². The zero-order valence-corrected chi connectivity index (χ0v) is 9.26. The van der Waals surface area contributed by atoms with Crippen LogP contribution in [0.1, 0.15) is 47.8 Å². The summed E-state index contributed by atoms with van der Waals surface area (Å²) in [6.07, 6.45) is 3.92. The first kappa shape index (κ1) is 11.0. The van der Waals surface area contributed by atoms with Gasteiger partial charge in [-0.1, -0.05) is 32.9 Å². The summed E-state index contributed by atoms with van der Waals surface area (Å²) in [6, 6.07) is 4.31. The highest BCUT2D eigenvalue weighted by Crippen LogP contribution is 2.18. The summed E-state index contributed by atoms with van der Waals surface area (Å²) < 4.78 is 0. The Hall–Kier alpha value is -1.11. The molecular weight excluding hydrogens is 172 g/mol. The van der Waals surface area contributed by atoms with Crippen molar-refractivity contribution in [2.24, 2.45) is 0 Å². The van der Waals surface area contributed by atoms with E-state index >= 15 is 0 Å².